The molecular formula is C56H34N6O2Si. The van der Waals surface area contributed by atoms with Crippen LogP contribution >= 0.6 is 0 Å². The number of hydrogen-bond donors (Lipinski definition) is 0. The number of benzene rings is 6. The molecule has 8 aromatic heterocycles. The Kier molecular flexibility index (Phi) is 7.54. The highest BCUT2D eigenvalue weighted by Crippen LogP contribution is 2.37. The molecule has 0 radical (unpaired) electrons. The maximum Gasteiger partial charge on any atom is 0.233 e. The first kappa shape index (κ1) is 35.9. The van der Waals surface area contributed by atoms with Crippen LogP contribution in [-0.2, 0) is 0 Å². The van der Waals surface area contributed by atoms with E-state index < -0.39 is 8.07 Å². The predicted molar refractivity (Wildman–Crippen MR) is 264 cm³/mol. The van der Waals surface area contributed by atoms with Gasteiger partial charge in [-0.25, -0.2) is 0 Å². The van der Waals surface area contributed by atoms with Crippen LogP contribution in [0, 0.1) is 0 Å². The zero-order valence-electron chi connectivity index (χ0n) is 34.6. The van der Waals surface area contributed by atoms with E-state index >= 15 is 0 Å². The van der Waals surface area contributed by atoms with Crippen LogP contribution in [0.3, 0.4) is 0 Å². The number of pyridine rings is 4. The lowest BCUT2D eigenvalue weighted by molar-refractivity contribution is 0.669. The van der Waals surface area contributed by atoms with Gasteiger partial charge in [-0.1, -0.05) is 97.1 Å². The molecule has 0 aliphatic heterocycles. The van der Waals surface area contributed by atoms with E-state index in [0.29, 0.717) is 0 Å². The Morgan fingerprint density at radius 3 is 1.26 bits per heavy atom. The number of para-hydroxylation sites is 2. The lowest BCUT2D eigenvalue weighted by Gasteiger charge is -2.31. The number of nitrogens with zero attached hydrogens (tertiary/aromatic N) is 6. The third-order valence-corrected chi connectivity index (χ3v) is 17.9. The third kappa shape index (κ3) is 5.01. The minimum atomic E-state index is -3.47. The van der Waals surface area contributed by atoms with E-state index in [4.69, 9.17) is 18.8 Å². The van der Waals surface area contributed by atoms with E-state index in [0.717, 1.165) is 120 Å². The minimum absolute atomic E-state index is 0.739. The highest BCUT2D eigenvalue weighted by atomic mass is 28.3. The first-order chi connectivity index (χ1) is 32.3. The molecule has 14 rings (SSSR count). The van der Waals surface area contributed by atoms with Gasteiger partial charge in [0.1, 0.15) is 11.2 Å². The molecule has 0 bridgehead atoms. The maximum absolute atomic E-state index is 7.09. The van der Waals surface area contributed by atoms with Crippen molar-refractivity contribution >= 4 is 117 Å². The van der Waals surface area contributed by atoms with Gasteiger partial charge in [-0.3, -0.25) is 19.9 Å². The molecule has 8 nitrogen and oxygen atoms in total. The Morgan fingerprint density at radius 2 is 0.785 bits per heavy atom. The molecule has 6 aromatic carbocycles. The van der Waals surface area contributed by atoms with E-state index in [1.165, 1.54) is 0 Å². The van der Waals surface area contributed by atoms with Crippen LogP contribution < -0.4 is 21.0 Å². The van der Waals surface area contributed by atoms with Crippen LogP contribution in [0.25, 0.3) is 98.9 Å². The fourth-order valence-corrected chi connectivity index (χ4v) is 15.2. The molecule has 0 saturated heterocycles. The molecule has 0 unspecified atom stereocenters. The summed E-state index contributed by atoms with van der Waals surface area (Å²) in [7, 11) is -3.47. The maximum atomic E-state index is 7.09. The average Bonchev–Trinajstić information content (AvgIpc) is 4.13. The van der Waals surface area contributed by atoms with Gasteiger partial charge in [0.2, 0.25) is 8.07 Å². The highest BCUT2D eigenvalue weighted by Gasteiger charge is 2.49. The SMILES string of the molecule is c1ccc([Si](c2ccccc2)(c2nccc3c2oc2ccc(-n4c5ccccc5c5cnccc54)cc23)c2nccc3c2oc2ccc(-n4c5ccccc5c5cnccc54)cc23)cc1. The van der Waals surface area contributed by atoms with Crippen molar-refractivity contribution in [2.75, 3.05) is 0 Å². The molecule has 14 aromatic rings. The van der Waals surface area contributed by atoms with Crippen molar-refractivity contribution in [3.05, 3.63) is 207 Å². The van der Waals surface area contributed by atoms with E-state index in [-0.39, 0.29) is 0 Å². The van der Waals surface area contributed by atoms with Crippen molar-refractivity contribution in [1.82, 2.24) is 29.1 Å². The largest absolute Gasteiger partial charge is 0.455 e. The van der Waals surface area contributed by atoms with Gasteiger partial charge in [-0.15, -0.1) is 0 Å². The summed E-state index contributed by atoms with van der Waals surface area (Å²) in [4.78, 5) is 19.7. The number of aromatic nitrogens is 6. The van der Waals surface area contributed by atoms with Gasteiger partial charge in [0.15, 0.2) is 11.2 Å². The summed E-state index contributed by atoms with van der Waals surface area (Å²) < 4.78 is 18.8. The second-order valence-electron chi connectivity index (χ2n) is 16.6. The number of fused-ring (bicyclic) bond motifs is 12. The first-order valence-corrected chi connectivity index (χ1v) is 23.7. The van der Waals surface area contributed by atoms with Gasteiger partial charge in [0.05, 0.1) is 32.7 Å². The summed E-state index contributed by atoms with van der Waals surface area (Å²) in [6.45, 7) is 0. The van der Waals surface area contributed by atoms with Gasteiger partial charge in [0.25, 0.3) is 0 Å². The minimum Gasteiger partial charge on any atom is -0.455 e. The predicted octanol–water partition coefficient (Wildman–Crippen LogP) is 10.6. The smallest absolute Gasteiger partial charge is 0.233 e. The fraction of sp³-hybridized carbons (Fsp3) is 0. The van der Waals surface area contributed by atoms with Gasteiger partial charge in [0, 0.05) is 91.6 Å². The number of hydrogen-bond acceptors (Lipinski definition) is 6. The molecule has 0 aliphatic rings. The summed E-state index contributed by atoms with van der Waals surface area (Å²) in [5.41, 5.74) is 9.56. The summed E-state index contributed by atoms with van der Waals surface area (Å²) in [6, 6.07) is 59.8. The second-order valence-corrected chi connectivity index (χ2v) is 20.2. The van der Waals surface area contributed by atoms with Gasteiger partial charge >= 0.3 is 0 Å². The number of rotatable bonds is 6. The lowest BCUT2D eigenvalue weighted by atomic mass is 10.1. The normalized spacial score (nSPS) is 12.3. The third-order valence-electron chi connectivity index (χ3n) is 13.3. The van der Waals surface area contributed by atoms with E-state index in [9.17, 15) is 0 Å². The van der Waals surface area contributed by atoms with Gasteiger partial charge in [-0.2, -0.15) is 0 Å². The van der Waals surface area contributed by atoms with Crippen LogP contribution in [0.4, 0.5) is 0 Å². The molecule has 304 valence electrons. The Balaban J connectivity index is 1.04. The quantitative estimate of drug-likeness (QED) is 0.155. The fourth-order valence-electron chi connectivity index (χ4n) is 10.6. The van der Waals surface area contributed by atoms with Crippen molar-refractivity contribution in [3.63, 3.8) is 0 Å². The molecule has 0 amide bonds. The topological polar surface area (TPSA) is 87.7 Å². The highest BCUT2D eigenvalue weighted by molar-refractivity contribution is 7.20. The average molecular weight is 851 g/mol. The van der Waals surface area contributed by atoms with Crippen LogP contribution in [0.15, 0.2) is 216 Å². The molecule has 9 heteroatoms. The van der Waals surface area contributed by atoms with Crippen LogP contribution in [-0.4, -0.2) is 37.1 Å². The molecular weight excluding hydrogens is 817 g/mol. The molecule has 0 N–H and O–H groups in total. The lowest BCUT2D eigenvalue weighted by Crippen LogP contribution is -2.76. The molecule has 0 atom stereocenters. The molecule has 8 heterocycles. The first-order valence-electron chi connectivity index (χ1n) is 21.7. The molecule has 0 fully saturated rings. The summed E-state index contributed by atoms with van der Waals surface area (Å²) >= 11 is 0. The van der Waals surface area contributed by atoms with Crippen LogP contribution in [0.1, 0.15) is 0 Å². The van der Waals surface area contributed by atoms with Crippen molar-refractivity contribution in [3.8, 4) is 11.4 Å². The zero-order chi connectivity index (χ0) is 42.6. The Labute approximate surface area is 371 Å². The van der Waals surface area contributed by atoms with E-state index in [1.54, 1.807) is 0 Å². The summed E-state index contributed by atoms with van der Waals surface area (Å²) in [5, 5.41) is 12.5. The van der Waals surface area contributed by atoms with Gasteiger partial charge < -0.3 is 18.0 Å². The van der Waals surface area contributed by atoms with E-state index in [1.807, 2.05) is 37.2 Å². The summed E-state index contributed by atoms with van der Waals surface area (Å²) in [6.07, 6.45) is 11.5. The van der Waals surface area contributed by atoms with Gasteiger partial charge in [-0.05, 0) is 83.2 Å². The van der Waals surface area contributed by atoms with Crippen molar-refractivity contribution in [2.24, 2.45) is 0 Å². The molecule has 65 heavy (non-hydrogen) atoms. The van der Waals surface area contributed by atoms with E-state index in [2.05, 4.69) is 189 Å². The Morgan fingerprint density at radius 1 is 0.354 bits per heavy atom. The van der Waals surface area contributed by atoms with Crippen molar-refractivity contribution in [1.29, 1.82) is 0 Å². The van der Waals surface area contributed by atoms with Crippen LogP contribution in [0.5, 0.6) is 0 Å². The molecule has 0 saturated carbocycles. The monoisotopic (exact) mass is 850 g/mol. The summed E-state index contributed by atoms with van der Waals surface area (Å²) in [5.74, 6) is 0. The standard InChI is InChI=1S/C56H34N6O2Si/c1-3-11-37(12-4-1)65(38-13-5-2-6-14-38,55-53-41(23-29-59-55)43-31-35(19-21-51(43)63-53)61-47-17-9-7-15-39(47)45-33-57-27-25-49(45)61)56-54-42(24-30-60-56)44-32-36(20-22-52(44)64-54)62-48-18-10-8-16-40(48)46-34-58-28-26-50(46)62/h1-34H. The zero-order valence-corrected chi connectivity index (χ0v) is 35.6. The Hall–Kier alpha value is -8.66. The van der Waals surface area contributed by atoms with Crippen molar-refractivity contribution < 1.29 is 8.83 Å². The second kappa shape index (κ2) is 13.7. The van der Waals surface area contributed by atoms with Crippen LogP contribution in [0.2, 0.25) is 0 Å². The number of furan rings is 2. The molecule has 0 spiro atoms. The Bertz CT molecular complexity index is 3830. The molecule has 0 aliphatic carbocycles. The van der Waals surface area contributed by atoms with Crippen molar-refractivity contribution in [2.45, 2.75) is 0 Å².